The van der Waals surface area contributed by atoms with E-state index in [1.807, 2.05) is 0 Å². The maximum Gasteiger partial charge on any atom is 0.337 e. The number of rotatable bonds is 13. The number of nitrogens with zero attached hydrogens (tertiary/aromatic N) is 1. The second-order valence-electron chi connectivity index (χ2n) is 20.7. The van der Waals surface area contributed by atoms with Gasteiger partial charge >= 0.3 is 11.7 Å². The van der Waals surface area contributed by atoms with Crippen LogP contribution in [0.25, 0.3) is 0 Å². The molecule has 5 atom stereocenters. The minimum atomic E-state index is -2.62. The van der Waals surface area contributed by atoms with Crippen LogP contribution in [0.5, 0.6) is 5.75 Å². The van der Waals surface area contributed by atoms with E-state index in [-0.39, 0.29) is 38.2 Å². The quantitative estimate of drug-likeness (QED) is 0.0822. The third-order valence-electron chi connectivity index (χ3n) is 12.5. The summed E-state index contributed by atoms with van der Waals surface area (Å²) in [4.78, 5) is 25.9. The van der Waals surface area contributed by atoms with Crippen molar-refractivity contribution in [2.75, 3.05) is 7.11 Å². The molecule has 306 valence electrons. The fourth-order valence-electron chi connectivity index (χ4n) is 4.65. The van der Waals surface area contributed by atoms with Crippen molar-refractivity contribution in [3.63, 3.8) is 0 Å². The van der Waals surface area contributed by atoms with Gasteiger partial charge in [0.2, 0.25) is 6.29 Å². The van der Waals surface area contributed by atoms with Crippen LogP contribution < -0.4 is 4.74 Å². The third kappa shape index (κ3) is 11.3. The SMILES string of the molecule is COC(=O)[C@H]1O[C@@H](Oc2ccc(CO[Si](C)(C)C(C)(C)C)cc2[N+](=O)[O-])[C@H](O[Si](C)(C)C(C)(C)C)[C@@H](O[Si](C)(C)C(C)(C)C)[C@@H]1O[Si](C)(C)C(C)(C)C. The Labute approximate surface area is 325 Å². The van der Waals surface area contributed by atoms with Gasteiger partial charge in [-0.2, -0.15) is 0 Å². The number of methoxy groups -OCH3 is 1. The Kier molecular flexibility index (Phi) is 14.6. The molecule has 1 fully saturated rings. The Morgan fingerprint density at radius 1 is 0.698 bits per heavy atom. The van der Waals surface area contributed by atoms with Gasteiger partial charge in [0.15, 0.2) is 45.1 Å². The summed E-state index contributed by atoms with van der Waals surface area (Å²) in [5.74, 6) is -0.664. The summed E-state index contributed by atoms with van der Waals surface area (Å²) in [6.45, 7) is 43.0. The Morgan fingerprint density at radius 2 is 1.11 bits per heavy atom. The number of esters is 1. The van der Waals surface area contributed by atoms with Gasteiger partial charge in [-0.3, -0.25) is 10.1 Å². The van der Waals surface area contributed by atoms with Crippen molar-refractivity contribution < 1.29 is 41.6 Å². The summed E-state index contributed by atoms with van der Waals surface area (Å²) in [5.41, 5.74) is 0.411. The van der Waals surface area contributed by atoms with Crippen LogP contribution in [-0.2, 0) is 38.6 Å². The largest absolute Gasteiger partial charge is 0.467 e. The summed E-state index contributed by atoms with van der Waals surface area (Å²) in [6.07, 6.45) is -5.20. The van der Waals surface area contributed by atoms with E-state index in [0.29, 0.717) is 5.56 Å². The van der Waals surface area contributed by atoms with Gasteiger partial charge < -0.3 is 31.9 Å². The van der Waals surface area contributed by atoms with Crippen LogP contribution >= 0.6 is 0 Å². The highest BCUT2D eigenvalue weighted by Gasteiger charge is 2.59. The molecule has 53 heavy (non-hydrogen) atoms. The molecule has 0 spiro atoms. The minimum absolute atomic E-state index is 0.0154. The number of benzene rings is 1. The van der Waals surface area contributed by atoms with Gasteiger partial charge in [-0.15, -0.1) is 0 Å². The predicted molar refractivity (Wildman–Crippen MR) is 223 cm³/mol. The average Bonchev–Trinajstić information content (AvgIpc) is 2.96. The molecule has 0 aliphatic carbocycles. The molecule has 11 nitrogen and oxygen atoms in total. The molecule has 0 N–H and O–H groups in total. The molecule has 0 bridgehead atoms. The van der Waals surface area contributed by atoms with E-state index >= 15 is 0 Å². The number of hydrogen-bond donors (Lipinski definition) is 0. The van der Waals surface area contributed by atoms with E-state index < -0.39 is 74.9 Å². The molecular formula is C38H73NO10Si4. The van der Waals surface area contributed by atoms with Crippen molar-refractivity contribution in [3.8, 4) is 5.75 Å². The van der Waals surface area contributed by atoms with Gasteiger partial charge in [0.1, 0.15) is 18.3 Å². The summed E-state index contributed by atoms with van der Waals surface area (Å²) in [6, 6.07) is 4.83. The van der Waals surface area contributed by atoms with Crippen LogP contribution in [0.2, 0.25) is 72.5 Å². The van der Waals surface area contributed by atoms with E-state index in [1.54, 1.807) is 12.1 Å². The maximum atomic E-state index is 13.8. The zero-order chi connectivity index (χ0) is 41.6. The van der Waals surface area contributed by atoms with Crippen molar-refractivity contribution in [3.05, 3.63) is 33.9 Å². The van der Waals surface area contributed by atoms with Crippen molar-refractivity contribution in [1.29, 1.82) is 0 Å². The van der Waals surface area contributed by atoms with Gasteiger partial charge in [0, 0.05) is 6.07 Å². The predicted octanol–water partition coefficient (Wildman–Crippen LogP) is 10.6. The molecule has 1 aromatic carbocycles. The van der Waals surface area contributed by atoms with Gasteiger partial charge in [0.25, 0.3) is 0 Å². The molecule has 0 radical (unpaired) electrons. The van der Waals surface area contributed by atoms with Gasteiger partial charge in [-0.1, -0.05) is 89.2 Å². The summed E-state index contributed by atoms with van der Waals surface area (Å²) >= 11 is 0. The molecule has 1 saturated heterocycles. The molecular weight excluding hydrogens is 743 g/mol. The molecule has 0 saturated carbocycles. The standard InChI is InChI=1S/C38H73NO10Si4/c1-35(2,3)50(14,15)44-25-26-22-23-28(27(24-26)39(41)42)45-34-32(49-53(20,21)38(10,11)12)30(48-52(18,19)37(7,8)9)29(31(46-34)33(40)43-13)47-51(16,17)36(4,5)6/h22-24,29-32,34H,25H2,1-21H3/t29-,30-,31-,32+,34+/m0/s1. The lowest BCUT2D eigenvalue weighted by atomic mass is 9.99. The van der Waals surface area contributed by atoms with Crippen molar-refractivity contribution in [2.45, 2.75) is 193 Å². The first kappa shape index (κ1) is 47.7. The number of hydrogen-bond acceptors (Lipinski definition) is 10. The number of carbonyl (C=O) groups is 1. The molecule has 1 aromatic rings. The lowest BCUT2D eigenvalue weighted by Crippen LogP contribution is -2.69. The zero-order valence-electron chi connectivity index (χ0n) is 36.9. The minimum Gasteiger partial charge on any atom is -0.467 e. The van der Waals surface area contributed by atoms with Crippen LogP contribution in [-0.4, -0.2) is 82.0 Å². The molecule has 2 rings (SSSR count). The average molecular weight is 816 g/mol. The highest BCUT2D eigenvalue weighted by atomic mass is 28.4. The highest BCUT2D eigenvalue weighted by Crippen LogP contribution is 2.47. The first-order valence-electron chi connectivity index (χ1n) is 18.8. The van der Waals surface area contributed by atoms with Crippen LogP contribution in [0.15, 0.2) is 18.2 Å². The molecule has 0 aromatic heterocycles. The van der Waals surface area contributed by atoms with Crippen molar-refractivity contribution in [1.82, 2.24) is 0 Å². The normalized spacial score (nSPS) is 22.8. The second-order valence-corrected chi connectivity index (χ2v) is 39.8. The number of ether oxygens (including phenoxy) is 3. The monoisotopic (exact) mass is 815 g/mol. The summed E-state index contributed by atoms with van der Waals surface area (Å²) < 4.78 is 46.5. The van der Waals surface area contributed by atoms with Crippen LogP contribution in [0.4, 0.5) is 5.69 Å². The van der Waals surface area contributed by atoms with Crippen molar-refractivity contribution in [2.24, 2.45) is 0 Å². The molecule has 1 heterocycles. The molecule has 1 aliphatic heterocycles. The Bertz CT molecular complexity index is 1440. The second kappa shape index (κ2) is 16.2. The zero-order valence-corrected chi connectivity index (χ0v) is 40.9. The summed E-state index contributed by atoms with van der Waals surface area (Å²) in [7, 11) is -8.61. The smallest absolute Gasteiger partial charge is 0.337 e. The summed E-state index contributed by atoms with van der Waals surface area (Å²) in [5, 5.41) is 11.9. The molecule has 0 unspecified atom stereocenters. The highest BCUT2D eigenvalue weighted by molar-refractivity contribution is 6.75. The Balaban J connectivity index is 2.87. The number of nitro benzene ring substituents is 1. The van der Waals surface area contributed by atoms with E-state index in [9.17, 15) is 14.9 Å². The van der Waals surface area contributed by atoms with Crippen LogP contribution in [0.3, 0.4) is 0 Å². The van der Waals surface area contributed by atoms with Crippen molar-refractivity contribution >= 4 is 44.9 Å². The van der Waals surface area contributed by atoms with Gasteiger partial charge in [-0.05, 0) is 84.2 Å². The van der Waals surface area contributed by atoms with Gasteiger partial charge in [-0.25, -0.2) is 4.79 Å². The lowest BCUT2D eigenvalue weighted by Gasteiger charge is -2.53. The third-order valence-corrected chi connectivity index (χ3v) is 30.4. The van der Waals surface area contributed by atoms with Gasteiger partial charge in [0.05, 0.1) is 18.6 Å². The van der Waals surface area contributed by atoms with E-state index in [4.69, 9.17) is 31.9 Å². The fourth-order valence-corrected chi connectivity index (χ4v) is 9.48. The number of carbonyl (C=O) groups excluding carboxylic acids is 1. The van der Waals surface area contributed by atoms with Crippen LogP contribution in [0.1, 0.15) is 88.6 Å². The Hall–Kier alpha value is -1.44. The lowest BCUT2D eigenvalue weighted by molar-refractivity contribution is -0.387. The first-order valence-corrected chi connectivity index (χ1v) is 30.5. The molecule has 0 amide bonds. The topological polar surface area (TPSA) is 125 Å². The van der Waals surface area contributed by atoms with Crippen LogP contribution in [0, 0.1) is 10.1 Å². The number of nitro groups is 1. The van der Waals surface area contributed by atoms with E-state index in [2.05, 4.69) is 135 Å². The first-order chi connectivity index (χ1) is 23.5. The molecule has 1 aliphatic rings. The van der Waals surface area contributed by atoms with E-state index in [1.165, 1.54) is 13.2 Å². The van der Waals surface area contributed by atoms with E-state index in [0.717, 1.165) is 0 Å². The Morgan fingerprint density at radius 3 is 1.51 bits per heavy atom. The molecule has 15 heteroatoms. The fraction of sp³-hybridized carbons (Fsp3) is 0.816. The maximum absolute atomic E-state index is 13.8.